The fraction of sp³-hybridized carbons (Fsp3) is 0.333. The Bertz CT molecular complexity index is 362. The molecular formula is C15H20. The van der Waals surface area contributed by atoms with Crippen molar-refractivity contribution in [3.8, 4) is 0 Å². The summed E-state index contributed by atoms with van der Waals surface area (Å²) in [4.78, 5) is 0. The third kappa shape index (κ3) is 2.82. The molecule has 15 heavy (non-hydrogen) atoms. The molecular weight excluding hydrogens is 180 g/mol. The van der Waals surface area contributed by atoms with Crippen molar-refractivity contribution >= 4 is 11.1 Å². The molecule has 1 rings (SSSR count). The number of hydrogen-bond acceptors (Lipinski definition) is 0. The van der Waals surface area contributed by atoms with Gasteiger partial charge in [-0.15, -0.1) is 0 Å². The first-order valence-corrected chi connectivity index (χ1v) is 5.38. The maximum absolute atomic E-state index is 4.00. The van der Waals surface area contributed by atoms with E-state index in [4.69, 9.17) is 0 Å². The van der Waals surface area contributed by atoms with Crippen molar-refractivity contribution in [2.45, 2.75) is 33.6 Å². The smallest absolute Gasteiger partial charge is 0.0218 e. The molecule has 0 nitrogen and oxygen atoms in total. The van der Waals surface area contributed by atoms with E-state index < -0.39 is 0 Å². The molecule has 0 saturated heterocycles. The zero-order chi connectivity index (χ0) is 11.6. The lowest BCUT2D eigenvalue weighted by Gasteiger charge is -2.12. The quantitative estimate of drug-likeness (QED) is 0.652. The molecule has 80 valence electrons. The van der Waals surface area contributed by atoms with Gasteiger partial charge in [0.15, 0.2) is 0 Å². The minimum atomic E-state index is 0.544. The van der Waals surface area contributed by atoms with Crippen molar-refractivity contribution in [1.29, 1.82) is 0 Å². The standard InChI is InChI=1S/C15H20/c1-10(2)13-7-14(11(3)4)9-15(8-13)12(5)6/h7-9,12H,1,3H2,2,4-6H3. The summed E-state index contributed by atoms with van der Waals surface area (Å²) in [5.74, 6) is 0.544. The minimum Gasteiger partial charge on any atom is -0.0955 e. The van der Waals surface area contributed by atoms with Crippen LogP contribution in [0.1, 0.15) is 50.3 Å². The van der Waals surface area contributed by atoms with E-state index in [-0.39, 0.29) is 0 Å². The number of hydrogen-bond donors (Lipinski definition) is 0. The van der Waals surface area contributed by atoms with Crippen molar-refractivity contribution in [2.75, 3.05) is 0 Å². The van der Waals surface area contributed by atoms with Gasteiger partial charge in [-0.25, -0.2) is 0 Å². The summed E-state index contributed by atoms with van der Waals surface area (Å²) < 4.78 is 0. The summed E-state index contributed by atoms with van der Waals surface area (Å²) in [7, 11) is 0. The van der Waals surface area contributed by atoms with Gasteiger partial charge in [-0.1, -0.05) is 50.3 Å². The Morgan fingerprint density at radius 1 is 0.933 bits per heavy atom. The zero-order valence-electron chi connectivity index (χ0n) is 10.2. The fourth-order valence-electron chi connectivity index (χ4n) is 1.48. The maximum atomic E-state index is 4.00. The Balaban J connectivity index is 3.32. The van der Waals surface area contributed by atoms with Crippen LogP contribution in [-0.4, -0.2) is 0 Å². The molecule has 0 radical (unpaired) electrons. The lowest BCUT2D eigenvalue weighted by Crippen LogP contribution is -1.92. The van der Waals surface area contributed by atoms with Crippen molar-refractivity contribution in [2.24, 2.45) is 0 Å². The highest BCUT2D eigenvalue weighted by Gasteiger charge is 2.05. The summed E-state index contributed by atoms with van der Waals surface area (Å²) in [6, 6.07) is 6.61. The number of rotatable bonds is 3. The van der Waals surface area contributed by atoms with E-state index in [1.165, 1.54) is 16.7 Å². The van der Waals surface area contributed by atoms with Gasteiger partial charge in [0, 0.05) is 0 Å². The second kappa shape index (κ2) is 4.48. The molecule has 0 aromatic heterocycles. The highest BCUT2D eigenvalue weighted by Crippen LogP contribution is 2.25. The highest BCUT2D eigenvalue weighted by molar-refractivity contribution is 5.70. The monoisotopic (exact) mass is 200 g/mol. The van der Waals surface area contributed by atoms with Crippen molar-refractivity contribution < 1.29 is 0 Å². The summed E-state index contributed by atoms with van der Waals surface area (Å²) in [6.45, 7) is 16.5. The normalized spacial score (nSPS) is 10.5. The van der Waals surface area contributed by atoms with Gasteiger partial charge in [-0.2, -0.15) is 0 Å². The van der Waals surface area contributed by atoms with Crippen LogP contribution in [0.15, 0.2) is 31.4 Å². The molecule has 0 heterocycles. The molecule has 1 aromatic rings. The summed E-state index contributed by atoms with van der Waals surface area (Å²) in [5, 5.41) is 0. The third-order valence-corrected chi connectivity index (χ3v) is 2.61. The maximum Gasteiger partial charge on any atom is -0.0218 e. The van der Waals surface area contributed by atoms with Crippen LogP contribution in [0.3, 0.4) is 0 Å². The van der Waals surface area contributed by atoms with E-state index in [0.717, 1.165) is 11.1 Å². The van der Waals surface area contributed by atoms with Crippen LogP contribution in [0.5, 0.6) is 0 Å². The number of allylic oxidation sites excluding steroid dienone is 2. The van der Waals surface area contributed by atoms with Crippen LogP contribution in [0.4, 0.5) is 0 Å². The average molecular weight is 200 g/mol. The molecule has 0 N–H and O–H groups in total. The first kappa shape index (κ1) is 11.8. The molecule has 0 amide bonds. The first-order valence-electron chi connectivity index (χ1n) is 5.38. The Labute approximate surface area is 93.3 Å². The summed E-state index contributed by atoms with van der Waals surface area (Å²) in [5.41, 5.74) is 6.02. The molecule has 0 spiro atoms. The molecule has 0 fully saturated rings. The highest BCUT2D eigenvalue weighted by atomic mass is 14.1. The molecule has 0 unspecified atom stereocenters. The summed E-state index contributed by atoms with van der Waals surface area (Å²) in [6.07, 6.45) is 0. The van der Waals surface area contributed by atoms with Crippen LogP contribution in [0.2, 0.25) is 0 Å². The van der Waals surface area contributed by atoms with Crippen LogP contribution in [0, 0.1) is 0 Å². The van der Waals surface area contributed by atoms with Gasteiger partial charge in [0.05, 0.1) is 0 Å². The van der Waals surface area contributed by atoms with E-state index in [2.05, 4.69) is 45.2 Å². The predicted octanol–water partition coefficient (Wildman–Crippen LogP) is 4.88. The van der Waals surface area contributed by atoms with E-state index in [1.54, 1.807) is 0 Å². The fourth-order valence-corrected chi connectivity index (χ4v) is 1.48. The third-order valence-electron chi connectivity index (χ3n) is 2.61. The second-order valence-electron chi connectivity index (χ2n) is 4.56. The molecule has 0 atom stereocenters. The van der Waals surface area contributed by atoms with Gasteiger partial charge in [0.2, 0.25) is 0 Å². The molecule has 0 bridgehead atoms. The first-order chi connectivity index (χ1) is 6.91. The average Bonchev–Trinajstić information content (AvgIpc) is 2.16. The van der Waals surface area contributed by atoms with Crippen LogP contribution in [0.25, 0.3) is 11.1 Å². The van der Waals surface area contributed by atoms with Crippen LogP contribution >= 0.6 is 0 Å². The van der Waals surface area contributed by atoms with Gasteiger partial charge in [-0.3, -0.25) is 0 Å². The zero-order valence-corrected chi connectivity index (χ0v) is 10.2. The van der Waals surface area contributed by atoms with Crippen LogP contribution in [-0.2, 0) is 0 Å². The SMILES string of the molecule is C=C(C)c1cc(C(=C)C)cc(C(C)C)c1. The van der Waals surface area contributed by atoms with Gasteiger partial charge >= 0.3 is 0 Å². The molecule has 0 aliphatic carbocycles. The van der Waals surface area contributed by atoms with Crippen LogP contribution < -0.4 is 0 Å². The lowest BCUT2D eigenvalue weighted by molar-refractivity contribution is 0.865. The molecule has 0 aliphatic rings. The van der Waals surface area contributed by atoms with Gasteiger partial charge in [0.25, 0.3) is 0 Å². The molecule has 0 heteroatoms. The molecule has 0 saturated carbocycles. The lowest BCUT2D eigenvalue weighted by atomic mass is 9.93. The Hall–Kier alpha value is -1.30. The minimum absolute atomic E-state index is 0.544. The van der Waals surface area contributed by atoms with Crippen molar-refractivity contribution in [1.82, 2.24) is 0 Å². The van der Waals surface area contributed by atoms with Gasteiger partial charge < -0.3 is 0 Å². The number of benzene rings is 1. The largest absolute Gasteiger partial charge is 0.0955 e. The predicted molar refractivity (Wildman–Crippen MR) is 69.9 cm³/mol. The van der Waals surface area contributed by atoms with E-state index in [1.807, 2.05) is 13.8 Å². The van der Waals surface area contributed by atoms with Crippen molar-refractivity contribution in [3.05, 3.63) is 48.0 Å². The Morgan fingerprint density at radius 3 is 1.60 bits per heavy atom. The Morgan fingerprint density at radius 2 is 1.33 bits per heavy atom. The van der Waals surface area contributed by atoms with E-state index in [9.17, 15) is 0 Å². The molecule has 1 aromatic carbocycles. The van der Waals surface area contributed by atoms with E-state index >= 15 is 0 Å². The van der Waals surface area contributed by atoms with E-state index in [0.29, 0.717) is 5.92 Å². The summed E-state index contributed by atoms with van der Waals surface area (Å²) >= 11 is 0. The molecule has 0 aliphatic heterocycles. The Kier molecular flexibility index (Phi) is 3.52. The topological polar surface area (TPSA) is 0 Å². The van der Waals surface area contributed by atoms with Gasteiger partial charge in [0.1, 0.15) is 0 Å². The second-order valence-corrected chi connectivity index (χ2v) is 4.56. The van der Waals surface area contributed by atoms with Crippen molar-refractivity contribution in [3.63, 3.8) is 0 Å². The van der Waals surface area contributed by atoms with Gasteiger partial charge in [-0.05, 0) is 42.5 Å².